The predicted octanol–water partition coefficient (Wildman–Crippen LogP) is 4.19. The SMILES string of the molecule is O=S(=O)(O)c1cc(C2C=Cc3ccccc3C2O)ccc1C=Cc1ccccc1.[Na].[Na]. The van der Waals surface area contributed by atoms with Crippen molar-refractivity contribution in [3.8, 4) is 0 Å². The minimum atomic E-state index is -4.43. The first kappa shape index (κ1) is 26.3. The largest absolute Gasteiger partial charge is 0.387 e. The fourth-order valence-electron chi connectivity index (χ4n) is 3.60. The number of aliphatic hydroxyl groups excluding tert-OH is 1. The molecule has 0 spiro atoms. The Labute approximate surface area is 227 Å². The molecule has 0 amide bonds. The van der Waals surface area contributed by atoms with Crippen molar-refractivity contribution in [3.63, 3.8) is 0 Å². The maximum absolute atomic E-state index is 12.0. The Balaban J connectivity index is 0.00000171. The number of rotatable bonds is 4. The molecule has 148 valence electrons. The van der Waals surface area contributed by atoms with Crippen LogP contribution in [0.1, 0.15) is 39.8 Å². The normalized spacial score (nSPS) is 17.5. The zero-order chi connectivity index (χ0) is 20.4. The molecule has 0 aromatic heterocycles. The topological polar surface area (TPSA) is 74.6 Å². The summed E-state index contributed by atoms with van der Waals surface area (Å²) in [7, 11) is -4.43. The molecule has 0 saturated carbocycles. The molecule has 0 aliphatic heterocycles. The summed E-state index contributed by atoms with van der Waals surface area (Å²) < 4.78 is 33.8. The van der Waals surface area contributed by atoms with Crippen LogP contribution in [0.3, 0.4) is 0 Å². The van der Waals surface area contributed by atoms with Crippen LogP contribution in [0.4, 0.5) is 0 Å². The molecule has 2 atom stereocenters. The van der Waals surface area contributed by atoms with Gasteiger partial charge in [0, 0.05) is 65.0 Å². The molecule has 3 aromatic rings. The van der Waals surface area contributed by atoms with Crippen LogP contribution in [0.25, 0.3) is 18.2 Å². The standard InChI is InChI=1S/C24H20O4S.2Na/c25-24-21-9-5-4-8-18(21)14-15-22(24)20-13-12-19(23(16-20)29(26,27)28)11-10-17-6-2-1-3-7-17;;/h1-16,22,24-25H,(H,26,27,28);;. The summed E-state index contributed by atoms with van der Waals surface area (Å²) in [5.74, 6) is -0.405. The number of fused-ring (bicyclic) bond motifs is 1. The summed E-state index contributed by atoms with van der Waals surface area (Å²) in [5, 5.41) is 10.8. The number of hydrogen-bond donors (Lipinski definition) is 2. The second kappa shape index (κ2) is 11.2. The van der Waals surface area contributed by atoms with Crippen LogP contribution in [0, 0.1) is 0 Å². The second-order valence-electron chi connectivity index (χ2n) is 6.98. The van der Waals surface area contributed by atoms with Gasteiger partial charge in [0.2, 0.25) is 0 Å². The van der Waals surface area contributed by atoms with Crippen LogP contribution >= 0.6 is 0 Å². The van der Waals surface area contributed by atoms with Gasteiger partial charge in [-0.3, -0.25) is 4.55 Å². The van der Waals surface area contributed by atoms with E-state index in [0.29, 0.717) is 11.1 Å². The van der Waals surface area contributed by atoms with E-state index in [2.05, 4.69) is 0 Å². The Hall–Kier alpha value is -0.990. The number of aliphatic hydroxyl groups is 1. The van der Waals surface area contributed by atoms with Crippen LogP contribution in [-0.4, -0.2) is 77.2 Å². The molecule has 7 heteroatoms. The van der Waals surface area contributed by atoms with Crippen molar-refractivity contribution in [1.82, 2.24) is 0 Å². The summed E-state index contributed by atoms with van der Waals surface area (Å²) in [6, 6.07) is 21.9. The molecule has 3 aromatic carbocycles. The van der Waals surface area contributed by atoms with Crippen LogP contribution in [-0.2, 0) is 10.1 Å². The number of benzene rings is 3. The van der Waals surface area contributed by atoms with Gasteiger partial charge in [0.05, 0.1) is 6.10 Å². The smallest absolute Gasteiger partial charge is 0.295 e. The van der Waals surface area contributed by atoms with Gasteiger partial charge >= 0.3 is 0 Å². The summed E-state index contributed by atoms with van der Waals surface area (Å²) in [5.41, 5.74) is 3.65. The van der Waals surface area contributed by atoms with Crippen LogP contribution in [0.15, 0.2) is 83.8 Å². The van der Waals surface area contributed by atoms with E-state index in [1.54, 1.807) is 24.3 Å². The third kappa shape index (κ3) is 6.08. The van der Waals surface area contributed by atoms with Gasteiger partial charge in [-0.15, -0.1) is 0 Å². The Kier molecular flexibility index (Phi) is 9.52. The molecule has 0 bridgehead atoms. The quantitative estimate of drug-likeness (QED) is 0.355. The summed E-state index contributed by atoms with van der Waals surface area (Å²) >= 11 is 0. The minimum absolute atomic E-state index is 0. The zero-order valence-corrected chi connectivity index (χ0v) is 22.3. The Morgan fingerprint density at radius 1 is 0.839 bits per heavy atom. The molecule has 0 heterocycles. The summed E-state index contributed by atoms with van der Waals surface area (Å²) in [4.78, 5) is -0.179. The Bertz CT molecular complexity index is 1210. The molecule has 2 N–H and O–H groups in total. The van der Waals surface area contributed by atoms with E-state index >= 15 is 0 Å². The van der Waals surface area contributed by atoms with E-state index < -0.39 is 22.1 Å². The van der Waals surface area contributed by atoms with Crippen molar-refractivity contribution in [2.45, 2.75) is 16.9 Å². The Morgan fingerprint density at radius 3 is 2.23 bits per heavy atom. The van der Waals surface area contributed by atoms with Gasteiger partial charge in [0.15, 0.2) is 0 Å². The van der Waals surface area contributed by atoms with E-state index in [-0.39, 0.29) is 64.0 Å². The first-order valence-electron chi connectivity index (χ1n) is 9.23. The maximum atomic E-state index is 12.0. The second-order valence-corrected chi connectivity index (χ2v) is 8.36. The maximum Gasteiger partial charge on any atom is 0.295 e. The van der Waals surface area contributed by atoms with E-state index in [1.165, 1.54) is 6.07 Å². The molecule has 4 nitrogen and oxygen atoms in total. The average Bonchev–Trinajstić information content (AvgIpc) is 2.73. The fraction of sp³-hybridized carbons (Fsp3) is 0.0833. The van der Waals surface area contributed by atoms with Crippen molar-refractivity contribution in [2.75, 3.05) is 0 Å². The van der Waals surface area contributed by atoms with Gasteiger partial charge in [0.1, 0.15) is 4.90 Å². The molecule has 0 saturated heterocycles. The monoisotopic (exact) mass is 450 g/mol. The van der Waals surface area contributed by atoms with Gasteiger partial charge in [-0.25, -0.2) is 0 Å². The van der Waals surface area contributed by atoms with Gasteiger partial charge in [-0.05, 0) is 33.9 Å². The Morgan fingerprint density at radius 2 is 1.52 bits per heavy atom. The predicted molar refractivity (Wildman–Crippen MR) is 126 cm³/mol. The van der Waals surface area contributed by atoms with Crippen LogP contribution < -0.4 is 0 Å². The van der Waals surface area contributed by atoms with Crippen molar-refractivity contribution >= 4 is 87.5 Å². The van der Waals surface area contributed by atoms with Crippen LogP contribution in [0.2, 0.25) is 0 Å². The summed E-state index contributed by atoms with van der Waals surface area (Å²) in [6.45, 7) is 0. The first-order chi connectivity index (χ1) is 13.9. The average molecular weight is 450 g/mol. The molecule has 4 rings (SSSR count). The first-order valence-corrected chi connectivity index (χ1v) is 10.7. The molecular formula is C24H20Na2O4S. The molecular weight excluding hydrogens is 430 g/mol. The summed E-state index contributed by atoms with van der Waals surface area (Å²) in [6.07, 6.45) is 6.43. The zero-order valence-electron chi connectivity index (χ0n) is 17.5. The molecule has 2 radical (unpaired) electrons. The van der Waals surface area contributed by atoms with E-state index in [9.17, 15) is 18.1 Å². The van der Waals surface area contributed by atoms with Crippen molar-refractivity contribution in [1.29, 1.82) is 0 Å². The molecule has 31 heavy (non-hydrogen) atoms. The van der Waals surface area contributed by atoms with Gasteiger partial charge < -0.3 is 5.11 Å². The van der Waals surface area contributed by atoms with Gasteiger partial charge in [-0.1, -0.05) is 91.0 Å². The van der Waals surface area contributed by atoms with Crippen molar-refractivity contribution in [2.24, 2.45) is 0 Å². The molecule has 1 aliphatic carbocycles. The molecule has 2 unspecified atom stereocenters. The van der Waals surface area contributed by atoms with Crippen molar-refractivity contribution in [3.05, 3.63) is 107 Å². The van der Waals surface area contributed by atoms with E-state index in [0.717, 1.165) is 16.7 Å². The van der Waals surface area contributed by atoms with Gasteiger partial charge in [0.25, 0.3) is 10.1 Å². The molecule has 0 fully saturated rings. The van der Waals surface area contributed by atoms with Crippen molar-refractivity contribution < 1.29 is 18.1 Å². The van der Waals surface area contributed by atoms with E-state index in [4.69, 9.17) is 0 Å². The van der Waals surface area contributed by atoms with Gasteiger partial charge in [-0.2, -0.15) is 8.42 Å². The van der Waals surface area contributed by atoms with E-state index in [1.807, 2.05) is 66.7 Å². The molecule has 1 aliphatic rings. The van der Waals surface area contributed by atoms with Crippen LogP contribution in [0.5, 0.6) is 0 Å². The third-order valence-electron chi connectivity index (χ3n) is 5.09. The fourth-order valence-corrected chi connectivity index (χ4v) is 4.32. The third-order valence-corrected chi connectivity index (χ3v) is 6.00. The number of hydrogen-bond acceptors (Lipinski definition) is 3. The minimum Gasteiger partial charge on any atom is -0.387 e.